The Bertz CT molecular complexity index is 1050. The largest absolute Gasteiger partial charge is 0.480 e. The van der Waals surface area contributed by atoms with Gasteiger partial charge in [-0.15, -0.1) is 0 Å². The van der Waals surface area contributed by atoms with Crippen molar-refractivity contribution in [3.05, 3.63) is 72.3 Å². The van der Waals surface area contributed by atoms with Crippen LogP contribution >= 0.6 is 0 Å². The van der Waals surface area contributed by atoms with Gasteiger partial charge in [0.2, 0.25) is 0 Å². The number of hydrogen-bond acceptors (Lipinski definition) is 3. The smallest absolute Gasteiger partial charge is 0.265 e. The van der Waals surface area contributed by atoms with Crippen molar-refractivity contribution < 1.29 is 14.3 Å². The molecule has 0 radical (unpaired) electrons. The lowest BCUT2D eigenvalue weighted by molar-refractivity contribution is -0.122. The summed E-state index contributed by atoms with van der Waals surface area (Å²) in [5, 5.41) is 4.90. The summed E-state index contributed by atoms with van der Waals surface area (Å²) in [5.41, 5.74) is 1.04. The first kappa shape index (κ1) is 20.0. The van der Waals surface area contributed by atoms with Gasteiger partial charge in [0.1, 0.15) is 5.75 Å². The van der Waals surface area contributed by atoms with E-state index in [0.29, 0.717) is 17.0 Å². The van der Waals surface area contributed by atoms with Crippen LogP contribution in [0.2, 0.25) is 0 Å². The summed E-state index contributed by atoms with van der Waals surface area (Å²) < 4.78 is 5.97. The van der Waals surface area contributed by atoms with Crippen molar-refractivity contribution in [1.82, 2.24) is 4.90 Å². The molecule has 0 unspecified atom stereocenters. The summed E-state index contributed by atoms with van der Waals surface area (Å²) in [7, 11) is 0. The number of hydrogen-bond donors (Lipinski definition) is 1. The average Bonchev–Trinajstić information content (AvgIpc) is 2.80. The Morgan fingerprint density at radius 2 is 1.60 bits per heavy atom. The highest BCUT2D eigenvalue weighted by Crippen LogP contribution is 2.26. The van der Waals surface area contributed by atoms with Gasteiger partial charge in [-0.3, -0.25) is 9.59 Å². The highest BCUT2D eigenvalue weighted by Gasteiger charge is 2.23. The fraction of sp³-hybridized carbons (Fsp3) is 0.280. The van der Waals surface area contributed by atoms with Gasteiger partial charge in [-0.2, -0.15) is 0 Å². The normalized spacial score (nSPS) is 14.9. The van der Waals surface area contributed by atoms with Crippen LogP contribution in [0.1, 0.15) is 36.5 Å². The number of fused-ring (bicyclic) bond motifs is 1. The molecule has 1 atom stereocenters. The minimum Gasteiger partial charge on any atom is -0.480 e. The predicted octanol–water partition coefficient (Wildman–Crippen LogP) is 4.87. The SMILES string of the molecule is C[C@H](Oc1cccc2ccccc12)C(=O)Nc1ccccc1C(=O)N1CCCCC1. The van der Waals surface area contributed by atoms with Crippen molar-refractivity contribution in [2.75, 3.05) is 18.4 Å². The van der Waals surface area contributed by atoms with Gasteiger partial charge < -0.3 is 15.0 Å². The van der Waals surface area contributed by atoms with Gasteiger partial charge in [-0.25, -0.2) is 0 Å². The van der Waals surface area contributed by atoms with E-state index < -0.39 is 6.10 Å². The molecule has 0 bridgehead atoms. The Balaban J connectivity index is 1.49. The summed E-state index contributed by atoms with van der Waals surface area (Å²) in [4.78, 5) is 27.7. The van der Waals surface area contributed by atoms with E-state index in [2.05, 4.69) is 5.32 Å². The van der Waals surface area contributed by atoms with E-state index in [1.165, 1.54) is 0 Å². The summed E-state index contributed by atoms with van der Waals surface area (Å²) in [6, 6.07) is 20.9. The van der Waals surface area contributed by atoms with Gasteiger partial charge >= 0.3 is 0 Å². The second kappa shape index (κ2) is 8.99. The molecule has 0 saturated carbocycles. The first-order valence-corrected chi connectivity index (χ1v) is 10.5. The molecular formula is C25H26N2O3. The highest BCUT2D eigenvalue weighted by molar-refractivity contribution is 6.04. The Kier molecular flexibility index (Phi) is 5.98. The van der Waals surface area contributed by atoms with Crippen LogP contribution in [0.25, 0.3) is 10.8 Å². The van der Waals surface area contributed by atoms with Crippen LogP contribution in [-0.4, -0.2) is 35.9 Å². The molecule has 154 valence electrons. The molecule has 30 heavy (non-hydrogen) atoms. The van der Waals surface area contributed by atoms with Gasteiger partial charge in [0.15, 0.2) is 6.10 Å². The Morgan fingerprint density at radius 3 is 2.43 bits per heavy atom. The fourth-order valence-electron chi connectivity index (χ4n) is 3.82. The number of rotatable bonds is 5. The highest BCUT2D eigenvalue weighted by atomic mass is 16.5. The van der Waals surface area contributed by atoms with E-state index in [1.807, 2.05) is 59.5 Å². The third-order valence-corrected chi connectivity index (χ3v) is 5.48. The van der Waals surface area contributed by atoms with Crippen molar-refractivity contribution in [3.63, 3.8) is 0 Å². The van der Waals surface area contributed by atoms with Crippen LogP contribution in [0.15, 0.2) is 66.7 Å². The van der Waals surface area contributed by atoms with E-state index in [1.54, 1.807) is 19.1 Å². The van der Waals surface area contributed by atoms with Crippen LogP contribution in [0.5, 0.6) is 5.75 Å². The molecule has 5 heteroatoms. The Hall–Kier alpha value is -3.34. The minimum absolute atomic E-state index is 0.0341. The number of likely N-dealkylation sites (tertiary alicyclic amines) is 1. The number of piperidine rings is 1. The number of nitrogens with one attached hydrogen (secondary N) is 1. The number of anilines is 1. The lowest BCUT2D eigenvalue weighted by atomic mass is 10.1. The fourth-order valence-corrected chi connectivity index (χ4v) is 3.82. The zero-order valence-electron chi connectivity index (χ0n) is 17.1. The topological polar surface area (TPSA) is 58.6 Å². The second-order valence-corrected chi connectivity index (χ2v) is 7.63. The zero-order valence-corrected chi connectivity index (χ0v) is 17.1. The molecule has 1 N–H and O–H groups in total. The second-order valence-electron chi connectivity index (χ2n) is 7.63. The first-order valence-electron chi connectivity index (χ1n) is 10.5. The predicted molar refractivity (Wildman–Crippen MR) is 119 cm³/mol. The molecule has 1 aliphatic rings. The lowest BCUT2D eigenvalue weighted by Gasteiger charge is -2.27. The van der Waals surface area contributed by atoms with E-state index >= 15 is 0 Å². The van der Waals surface area contributed by atoms with Gasteiger partial charge in [0, 0.05) is 18.5 Å². The maximum atomic E-state index is 13.0. The molecule has 0 spiro atoms. The number of ether oxygens (including phenoxy) is 1. The number of carbonyl (C=O) groups is 2. The molecular weight excluding hydrogens is 376 g/mol. The molecule has 0 aromatic heterocycles. The van der Waals surface area contributed by atoms with Gasteiger partial charge in [0.25, 0.3) is 11.8 Å². The van der Waals surface area contributed by atoms with Crippen molar-refractivity contribution in [2.24, 2.45) is 0 Å². The molecule has 5 nitrogen and oxygen atoms in total. The van der Waals surface area contributed by atoms with Crippen LogP contribution in [0, 0.1) is 0 Å². The number of carbonyl (C=O) groups excluding carboxylic acids is 2. The van der Waals surface area contributed by atoms with Crippen molar-refractivity contribution >= 4 is 28.3 Å². The van der Waals surface area contributed by atoms with Gasteiger partial charge in [-0.1, -0.05) is 48.5 Å². The maximum absolute atomic E-state index is 13.0. The van der Waals surface area contributed by atoms with Crippen LogP contribution in [0.3, 0.4) is 0 Å². The average molecular weight is 402 g/mol. The van der Waals surface area contributed by atoms with Crippen molar-refractivity contribution in [1.29, 1.82) is 0 Å². The van der Waals surface area contributed by atoms with Gasteiger partial charge in [-0.05, 0) is 49.8 Å². The van der Waals surface area contributed by atoms with Crippen molar-refractivity contribution in [2.45, 2.75) is 32.3 Å². The molecule has 3 aromatic rings. The number of amides is 2. The van der Waals surface area contributed by atoms with Crippen LogP contribution in [0.4, 0.5) is 5.69 Å². The van der Waals surface area contributed by atoms with Crippen LogP contribution in [-0.2, 0) is 4.79 Å². The Morgan fingerprint density at radius 1 is 0.900 bits per heavy atom. The summed E-state index contributed by atoms with van der Waals surface area (Å²) >= 11 is 0. The molecule has 1 aliphatic heterocycles. The monoisotopic (exact) mass is 402 g/mol. The zero-order chi connectivity index (χ0) is 20.9. The Labute approximate surface area is 176 Å². The maximum Gasteiger partial charge on any atom is 0.265 e. The third kappa shape index (κ3) is 4.30. The molecule has 1 fully saturated rings. The van der Waals surface area contributed by atoms with Crippen molar-refractivity contribution in [3.8, 4) is 5.75 Å². The van der Waals surface area contributed by atoms with E-state index in [0.717, 1.165) is 43.1 Å². The standard InChI is InChI=1S/C25H26N2O3/c1-18(30-23-15-9-11-19-10-3-4-12-20(19)23)24(28)26-22-14-6-5-13-21(22)25(29)27-16-7-2-8-17-27/h3-6,9-15,18H,2,7-8,16-17H2,1H3,(H,26,28)/t18-/m0/s1. The van der Waals surface area contributed by atoms with Crippen LogP contribution < -0.4 is 10.1 Å². The number of benzene rings is 3. The number of para-hydroxylation sites is 1. The molecule has 2 amide bonds. The number of nitrogens with zero attached hydrogens (tertiary/aromatic N) is 1. The summed E-state index contributed by atoms with van der Waals surface area (Å²) in [6.07, 6.45) is 2.49. The minimum atomic E-state index is -0.714. The van der Waals surface area contributed by atoms with E-state index in [4.69, 9.17) is 4.74 Å². The molecule has 1 heterocycles. The molecule has 0 aliphatic carbocycles. The molecule has 4 rings (SSSR count). The third-order valence-electron chi connectivity index (χ3n) is 5.48. The lowest BCUT2D eigenvalue weighted by Crippen LogP contribution is -2.36. The summed E-state index contributed by atoms with van der Waals surface area (Å²) in [5.74, 6) is 0.337. The van der Waals surface area contributed by atoms with Gasteiger partial charge in [0.05, 0.1) is 11.3 Å². The van der Waals surface area contributed by atoms with E-state index in [9.17, 15) is 9.59 Å². The molecule has 3 aromatic carbocycles. The quantitative estimate of drug-likeness (QED) is 0.662. The first-order chi connectivity index (χ1) is 14.6. The van der Waals surface area contributed by atoms with E-state index in [-0.39, 0.29) is 11.8 Å². The summed E-state index contributed by atoms with van der Waals surface area (Å²) in [6.45, 7) is 3.25. The molecule has 1 saturated heterocycles.